The van der Waals surface area contributed by atoms with Gasteiger partial charge in [-0.2, -0.15) is 5.10 Å². The van der Waals surface area contributed by atoms with Crippen molar-refractivity contribution < 1.29 is 9.59 Å². The lowest BCUT2D eigenvalue weighted by atomic mass is 9.95. The van der Waals surface area contributed by atoms with Crippen molar-refractivity contribution in [3.63, 3.8) is 0 Å². The van der Waals surface area contributed by atoms with Crippen LogP contribution in [0, 0.1) is 6.92 Å². The molecule has 0 spiro atoms. The Bertz CT molecular complexity index is 1440. The zero-order chi connectivity index (χ0) is 24.9. The number of benzene rings is 3. The summed E-state index contributed by atoms with van der Waals surface area (Å²) in [4.78, 5) is 38.7. The zero-order valence-corrected chi connectivity index (χ0v) is 19.8. The van der Waals surface area contributed by atoms with Crippen LogP contribution in [0.25, 0.3) is 22.4 Å². The fourth-order valence-electron chi connectivity index (χ4n) is 3.90. The van der Waals surface area contributed by atoms with Crippen LogP contribution in [0.15, 0.2) is 83.7 Å². The molecule has 4 aromatic rings. The van der Waals surface area contributed by atoms with Crippen LogP contribution in [-0.2, 0) is 11.3 Å². The summed E-state index contributed by atoms with van der Waals surface area (Å²) < 4.78 is 1.31. The zero-order valence-electron chi connectivity index (χ0n) is 19.8. The summed E-state index contributed by atoms with van der Waals surface area (Å²) in [6.07, 6.45) is 0. The van der Waals surface area contributed by atoms with E-state index in [0.29, 0.717) is 34.7 Å². The van der Waals surface area contributed by atoms with Crippen LogP contribution >= 0.6 is 0 Å². The van der Waals surface area contributed by atoms with E-state index in [1.807, 2.05) is 74.5 Å². The number of nitrogens with one attached hydrogen (secondary N) is 2. The SMILES string of the molecule is CCn1nc(-c2ccccc2)c(-c2ccccc2)c(C(=O)Nc2cc(NC(C)=O)ccc2C)c1=O. The van der Waals surface area contributed by atoms with Gasteiger partial charge in [-0.1, -0.05) is 66.7 Å². The molecule has 7 heteroatoms. The van der Waals surface area contributed by atoms with E-state index in [0.717, 1.165) is 11.1 Å². The quantitative estimate of drug-likeness (QED) is 0.413. The average molecular weight is 467 g/mol. The number of rotatable bonds is 6. The molecular formula is C28H26N4O3. The lowest BCUT2D eigenvalue weighted by molar-refractivity contribution is -0.114. The summed E-state index contributed by atoms with van der Waals surface area (Å²) in [5.74, 6) is -0.760. The van der Waals surface area contributed by atoms with Crippen LogP contribution in [0.1, 0.15) is 29.8 Å². The highest BCUT2D eigenvalue weighted by Gasteiger charge is 2.25. The third-order valence-corrected chi connectivity index (χ3v) is 5.60. The molecule has 0 fully saturated rings. The second-order valence-electron chi connectivity index (χ2n) is 8.12. The molecule has 0 aliphatic rings. The smallest absolute Gasteiger partial charge is 0.280 e. The van der Waals surface area contributed by atoms with E-state index in [1.165, 1.54) is 11.6 Å². The predicted molar refractivity (Wildman–Crippen MR) is 138 cm³/mol. The summed E-state index contributed by atoms with van der Waals surface area (Å²) in [5, 5.41) is 10.2. The third kappa shape index (κ3) is 5.04. The molecule has 35 heavy (non-hydrogen) atoms. The molecule has 1 heterocycles. The van der Waals surface area contributed by atoms with E-state index in [2.05, 4.69) is 15.7 Å². The molecule has 0 radical (unpaired) electrons. The Morgan fingerprint density at radius 2 is 1.51 bits per heavy atom. The lowest BCUT2D eigenvalue weighted by Gasteiger charge is -2.17. The highest BCUT2D eigenvalue weighted by atomic mass is 16.2. The van der Waals surface area contributed by atoms with E-state index in [9.17, 15) is 14.4 Å². The van der Waals surface area contributed by atoms with Gasteiger partial charge >= 0.3 is 0 Å². The molecule has 3 aromatic carbocycles. The molecular weight excluding hydrogens is 440 g/mol. The normalized spacial score (nSPS) is 10.6. The van der Waals surface area contributed by atoms with E-state index in [4.69, 9.17) is 0 Å². The first kappa shape index (κ1) is 23.6. The van der Waals surface area contributed by atoms with E-state index >= 15 is 0 Å². The van der Waals surface area contributed by atoms with Gasteiger partial charge in [0, 0.05) is 36.0 Å². The highest BCUT2D eigenvalue weighted by molar-refractivity contribution is 6.10. The summed E-state index contributed by atoms with van der Waals surface area (Å²) in [5.41, 5.74) is 3.91. The molecule has 176 valence electrons. The fourth-order valence-corrected chi connectivity index (χ4v) is 3.90. The van der Waals surface area contributed by atoms with E-state index < -0.39 is 11.5 Å². The number of carbonyl (C=O) groups is 2. The Labute approximate surface area is 203 Å². The van der Waals surface area contributed by atoms with Crippen LogP contribution < -0.4 is 16.2 Å². The molecule has 0 bridgehead atoms. The van der Waals surface area contributed by atoms with Gasteiger partial charge in [0.1, 0.15) is 5.56 Å². The van der Waals surface area contributed by atoms with Gasteiger partial charge in [-0.15, -0.1) is 0 Å². The third-order valence-electron chi connectivity index (χ3n) is 5.60. The molecule has 4 rings (SSSR count). The van der Waals surface area contributed by atoms with Gasteiger partial charge in [-0.25, -0.2) is 4.68 Å². The number of hydrogen-bond donors (Lipinski definition) is 2. The van der Waals surface area contributed by atoms with Crippen molar-refractivity contribution in [2.45, 2.75) is 27.3 Å². The first-order valence-corrected chi connectivity index (χ1v) is 11.3. The van der Waals surface area contributed by atoms with Crippen LogP contribution in [-0.4, -0.2) is 21.6 Å². The minimum absolute atomic E-state index is 0.0104. The maximum absolute atomic E-state index is 13.7. The van der Waals surface area contributed by atoms with Crippen molar-refractivity contribution in [3.05, 3.63) is 100 Å². The topological polar surface area (TPSA) is 93.1 Å². The van der Waals surface area contributed by atoms with Crippen LogP contribution in [0.2, 0.25) is 0 Å². The van der Waals surface area contributed by atoms with Crippen molar-refractivity contribution >= 4 is 23.2 Å². The molecule has 2 N–H and O–H groups in total. The summed E-state index contributed by atoms with van der Waals surface area (Å²) >= 11 is 0. The Morgan fingerprint density at radius 1 is 0.886 bits per heavy atom. The summed E-state index contributed by atoms with van der Waals surface area (Å²) in [6, 6.07) is 24.0. The second kappa shape index (κ2) is 10.2. The van der Waals surface area contributed by atoms with Gasteiger partial charge in [0.2, 0.25) is 5.91 Å². The van der Waals surface area contributed by atoms with Gasteiger partial charge in [0.05, 0.1) is 5.69 Å². The Kier molecular flexibility index (Phi) is 6.87. The van der Waals surface area contributed by atoms with E-state index in [1.54, 1.807) is 18.2 Å². The first-order valence-electron chi connectivity index (χ1n) is 11.3. The average Bonchev–Trinajstić information content (AvgIpc) is 2.86. The number of amides is 2. The molecule has 0 aliphatic heterocycles. The molecule has 0 unspecified atom stereocenters. The Morgan fingerprint density at radius 3 is 2.11 bits per heavy atom. The molecule has 2 amide bonds. The molecule has 1 aromatic heterocycles. The summed E-state index contributed by atoms with van der Waals surface area (Å²) in [6.45, 7) is 5.39. The molecule has 7 nitrogen and oxygen atoms in total. The largest absolute Gasteiger partial charge is 0.326 e. The minimum Gasteiger partial charge on any atom is -0.326 e. The van der Waals surface area contributed by atoms with Gasteiger partial charge in [0.25, 0.3) is 11.5 Å². The van der Waals surface area contributed by atoms with Gasteiger partial charge in [0.15, 0.2) is 0 Å². The lowest BCUT2D eigenvalue weighted by Crippen LogP contribution is -2.32. The molecule has 0 atom stereocenters. The van der Waals surface area contributed by atoms with Crippen molar-refractivity contribution in [3.8, 4) is 22.4 Å². The minimum atomic E-state index is -0.543. The van der Waals surface area contributed by atoms with Crippen LogP contribution in [0.4, 0.5) is 11.4 Å². The van der Waals surface area contributed by atoms with Crippen molar-refractivity contribution in [1.82, 2.24) is 9.78 Å². The van der Waals surface area contributed by atoms with Crippen molar-refractivity contribution in [1.29, 1.82) is 0 Å². The monoisotopic (exact) mass is 466 g/mol. The number of aryl methyl sites for hydroxylation is 2. The van der Waals surface area contributed by atoms with E-state index in [-0.39, 0.29) is 11.5 Å². The standard InChI is InChI=1S/C28H26N4O3/c1-4-32-28(35)25(27(34)30-23-17-22(29-19(3)33)16-15-18(23)2)24(20-11-7-5-8-12-20)26(31-32)21-13-9-6-10-14-21/h5-17H,4H2,1-3H3,(H,29,33)(H,30,34). The second-order valence-corrected chi connectivity index (χ2v) is 8.12. The number of carbonyl (C=O) groups excluding carboxylic acids is 2. The molecule has 0 saturated heterocycles. The summed E-state index contributed by atoms with van der Waals surface area (Å²) in [7, 11) is 0. The number of nitrogens with zero attached hydrogens (tertiary/aromatic N) is 2. The van der Waals surface area contributed by atoms with Crippen LogP contribution in [0.3, 0.4) is 0 Å². The number of anilines is 2. The highest BCUT2D eigenvalue weighted by Crippen LogP contribution is 2.32. The van der Waals surface area contributed by atoms with Gasteiger partial charge < -0.3 is 10.6 Å². The fraction of sp³-hybridized carbons (Fsp3) is 0.143. The first-order chi connectivity index (χ1) is 16.9. The van der Waals surface area contributed by atoms with Gasteiger partial charge in [-0.05, 0) is 37.1 Å². The maximum atomic E-state index is 13.7. The molecule has 0 saturated carbocycles. The predicted octanol–water partition coefficient (Wildman–Crippen LogP) is 5.12. The van der Waals surface area contributed by atoms with Gasteiger partial charge in [-0.3, -0.25) is 14.4 Å². The van der Waals surface area contributed by atoms with Crippen LogP contribution in [0.5, 0.6) is 0 Å². The Balaban J connectivity index is 1.92. The van der Waals surface area contributed by atoms with Crippen molar-refractivity contribution in [2.24, 2.45) is 0 Å². The van der Waals surface area contributed by atoms with Crippen molar-refractivity contribution in [2.75, 3.05) is 10.6 Å². The maximum Gasteiger partial charge on any atom is 0.280 e. The number of hydrogen-bond acceptors (Lipinski definition) is 4. The molecule has 0 aliphatic carbocycles. The number of aromatic nitrogens is 2. The Hall–Kier alpha value is -4.52.